The number of rotatable bonds is 5. The van der Waals surface area contributed by atoms with Crippen molar-refractivity contribution in [3.8, 4) is 6.07 Å². The molecule has 0 aliphatic heterocycles. The Morgan fingerprint density at radius 3 is 2.65 bits per heavy atom. The van der Waals surface area contributed by atoms with E-state index in [1.807, 2.05) is 4.72 Å². The first kappa shape index (κ1) is 13.1. The Balaban J connectivity index is 2.96. The van der Waals surface area contributed by atoms with Crippen LogP contribution in [0, 0.1) is 21.4 Å². The minimum Gasteiger partial charge on any atom is -0.258 e. The molecule has 0 fully saturated rings. The molecule has 8 heteroatoms. The van der Waals surface area contributed by atoms with Crippen LogP contribution < -0.4 is 4.72 Å². The van der Waals surface area contributed by atoms with E-state index >= 15 is 0 Å². The Hall–Kier alpha value is -1.98. The number of nitro benzene ring substituents is 1. The highest BCUT2D eigenvalue weighted by molar-refractivity contribution is 7.88. The Morgan fingerprint density at radius 2 is 2.06 bits per heavy atom. The Bertz CT molecular complexity index is 562. The van der Waals surface area contributed by atoms with Gasteiger partial charge in [-0.3, -0.25) is 10.1 Å². The lowest BCUT2D eigenvalue weighted by atomic mass is 10.2. The number of nitro groups is 1. The number of nitrogens with one attached hydrogen (secondary N) is 1. The average Bonchev–Trinajstić information content (AvgIpc) is 2.26. The van der Waals surface area contributed by atoms with E-state index in [0.29, 0.717) is 0 Å². The molecule has 90 valence electrons. The second kappa shape index (κ2) is 5.38. The van der Waals surface area contributed by atoms with Crippen LogP contribution in [0.2, 0.25) is 0 Å². The molecule has 0 aliphatic rings. The summed E-state index contributed by atoms with van der Waals surface area (Å²) < 4.78 is 24.9. The molecule has 0 saturated carbocycles. The summed E-state index contributed by atoms with van der Waals surface area (Å²) in [6.07, 6.45) is 0. The molecule has 0 unspecified atom stereocenters. The van der Waals surface area contributed by atoms with E-state index < -0.39 is 20.7 Å². The van der Waals surface area contributed by atoms with E-state index in [2.05, 4.69) is 0 Å². The van der Waals surface area contributed by atoms with Crippen molar-refractivity contribution in [3.63, 3.8) is 0 Å². The zero-order valence-corrected chi connectivity index (χ0v) is 9.48. The summed E-state index contributed by atoms with van der Waals surface area (Å²) in [6, 6.07) is 7.19. The standard InChI is InChI=1S/C9H9N3O4S/c10-5-6-11-17(15,16)7-8-3-1-2-4-9(8)12(13)14/h1-4,11H,6-7H2. The second-order valence-corrected chi connectivity index (χ2v) is 4.93. The number of hydrogen-bond donors (Lipinski definition) is 1. The van der Waals surface area contributed by atoms with Crippen molar-refractivity contribution in [2.75, 3.05) is 6.54 Å². The molecule has 0 radical (unpaired) electrons. The summed E-state index contributed by atoms with van der Waals surface area (Å²) in [5, 5.41) is 18.9. The summed E-state index contributed by atoms with van der Waals surface area (Å²) in [5.74, 6) is -0.522. The van der Waals surface area contributed by atoms with Crippen LogP contribution in [0.15, 0.2) is 24.3 Å². The van der Waals surface area contributed by atoms with Gasteiger partial charge in [0, 0.05) is 11.6 Å². The normalized spacial score (nSPS) is 10.8. The van der Waals surface area contributed by atoms with Crippen LogP contribution >= 0.6 is 0 Å². The summed E-state index contributed by atoms with van der Waals surface area (Å²) in [4.78, 5) is 10.0. The molecule has 7 nitrogen and oxygen atoms in total. The van der Waals surface area contributed by atoms with E-state index in [1.165, 1.54) is 24.3 Å². The van der Waals surface area contributed by atoms with Gasteiger partial charge in [-0.25, -0.2) is 13.1 Å². The van der Waals surface area contributed by atoms with Crippen molar-refractivity contribution in [3.05, 3.63) is 39.9 Å². The molecule has 1 aromatic carbocycles. The van der Waals surface area contributed by atoms with Gasteiger partial charge >= 0.3 is 0 Å². The van der Waals surface area contributed by atoms with E-state index in [9.17, 15) is 18.5 Å². The predicted octanol–water partition coefficient (Wildman–Crippen LogP) is 0.538. The summed E-state index contributed by atoms with van der Waals surface area (Å²) in [7, 11) is -3.73. The third kappa shape index (κ3) is 3.82. The molecule has 0 atom stereocenters. The van der Waals surface area contributed by atoms with Gasteiger partial charge in [0.05, 0.1) is 23.3 Å². The Kier molecular flexibility index (Phi) is 4.14. The SMILES string of the molecule is N#CCNS(=O)(=O)Cc1ccccc1[N+](=O)[O-]. The van der Waals surface area contributed by atoms with E-state index in [-0.39, 0.29) is 17.8 Å². The van der Waals surface area contributed by atoms with Crippen LogP contribution in [-0.2, 0) is 15.8 Å². The van der Waals surface area contributed by atoms with Crippen LogP contribution in [0.3, 0.4) is 0 Å². The van der Waals surface area contributed by atoms with Crippen molar-refractivity contribution in [2.24, 2.45) is 0 Å². The maximum Gasteiger partial charge on any atom is 0.273 e. The van der Waals surface area contributed by atoms with Crippen LogP contribution in [0.4, 0.5) is 5.69 Å². The number of sulfonamides is 1. The lowest BCUT2D eigenvalue weighted by molar-refractivity contribution is -0.385. The highest BCUT2D eigenvalue weighted by Gasteiger charge is 2.18. The Morgan fingerprint density at radius 1 is 1.41 bits per heavy atom. The molecule has 0 bridgehead atoms. The Labute approximate surface area is 97.9 Å². The zero-order valence-electron chi connectivity index (χ0n) is 8.66. The minimum absolute atomic E-state index is 0.0861. The third-order valence-corrected chi connectivity index (χ3v) is 3.18. The second-order valence-electron chi connectivity index (χ2n) is 3.12. The van der Waals surface area contributed by atoms with Gasteiger partial charge in [0.15, 0.2) is 0 Å². The maximum absolute atomic E-state index is 11.4. The van der Waals surface area contributed by atoms with Crippen molar-refractivity contribution < 1.29 is 13.3 Å². The number of hydrogen-bond acceptors (Lipinski definition) is 5. The molecular weight excluding hydrogens is 246 g/mol. The van der Waals surface area contributed by atoms with Crippen molar-refractivity contribution in [1.29, 1.82) is 5.26 Å². The van der Waals surface area contributed by atoms with Gasteiger partial charge in [0.25, 0.3) is 5.69 Å². The highest BCUT2D eigenvalue weighted by Crippen LogP contribution is 2.19. The van der Waals surface area contributed by atoms with Gasteiger partial charge in [0.1, 0.15) is 0 Å². The minimum atomic E-state index is -3.73. The van der Waals surface area contributed by atoms with Gasteiger partial charge < -0.3 is 0 Å². The topological polar surface area (TPSA) is 113 Å². The summed E-state index contributed by atoms with van der Waals surface area (Å²) in [6.45, 7) is -0.358. The smallest absolute Gasteiger partial charge is 0.258 e. The van der Waals surface area contributed by atoms with Gasteiger partial charge in [-0.15, -0.1) is 0 Å². The quantitative estimate of drug-likeness (QED) is 0.468. The molecule has 1 aromatic rings. The van der Waals surface area contributed by atoms with E-state index in [1.54, 1.807) is 6.07 Å². The number of benzene rings is 1. The zero-order chi connectivity index (χ0) is 12.9. The first-order valence-electron chi connectivity index (χ1n) is 4.53. The molecule has 17 heavy (non-hydrogen) atoms. The van der Waals surface area contributed by atoms with Gasteiger partial charge in [-0.05, 0) is 0 Å². The van der Waals surface area contributed by atoms with Gasteiger partial charge in [-0.1, -0.05) is 18.2 Å². The third-order valence-electron chi connectivity index (χ3n) is 1.90. The van der Waals surface area contributed by atoms with Crippen molar-refractivity contribution in [1.82, 2.24) is 4.72 Å². The van der Waals surface area contributed by atoms with E-state index in [0.717, 1.165) is 0 Å². The monoisotopic (exact) mass is 255 g/mol. The molecule has 0 saturated heterocycles. The number of nitrogens with zero attached hydrogens (tertiary/aromatic N) is 2. The van der Waals surface area contributed by atoms with E-state index in [4.69, 9.17) is 5.26 Å². The number of nitriles is 1. The van der Waals surface area contributed by atoms with Crippen LogP contribution in [0.1, 0.15) is 5.56 Å². The molecule has 0 amide bonds. The van der Waals surface area contributed by atoms with Crippen molar-refractivity contribution in [2.45, 2.75) is 5.75 Å². The molecule has 0 heterocycles. The lowest BCUT2D eigenvalue weighted by Gasteiger charge is -2.04. The van der Waals surface area contributed by atoms with Crippen LogP contribution in [0.5, 0.6) is 0 Å². The highest BCUT2D eigenvalue weighted by atomic mass is 32.2. The van der Waals surface area contributed by atoms with Crippen LogP contribution in [0.25, 0.3) is 0 Å². The fraction of sp³-hybridized carbons (Fsp3) is 0.222. The van der Waals surface area contributed by atoms with Crippen molar-refractivity contribution >= 4 is 15.7 Å². The molecule has 1 N–H and O–H groups in total. The molecular formula is C9H9N3O4S. The average molecular weight is 255 g/mol. The fourth-order valence-corrected chi connectivity index (χ4v) is 2.25. The lowest BCUT2D eigenvalue weighted by Crippen LogP contribution is -2.25. The van der Waals surface area contributed by atoms with Crippen LogP contribution in [-0.4, -0.2) is 19.9 Å². The largest absolute Gasteiger partial charge is 0.273 e. The summed E-state index contributed by atoms with van der Waals surface area (Å²) >= 11 is 0. The molecule has 0 aromatic heterocycles. The maximum atomic E-state index is 11.4. The molecule has 1 rings (SSSR count). The number of para-hydroxylation sites is 1. The fourth-order valence-electron chi connectivity index (χ4n) is 1.21. The first-order valence-corrected chi connectivity index (χ1v) is 6.18. The van der Waals surface area contributed by atoms with Gasteiger partial charge in [0.2, 0.25) is 10.0 Å². The van der Waals surface area contributed by atoms with Gasteiger partial charge in [-0.2, -0.15) is 5.26 Å². The first-order chi connectivity index (χ1) is 7.96. The predicted molar refractivity (Wildman–Crippen MR) is 59.3 cm³/mol. The molecule has 0 aliphatic carbocycles. The summed E-state index contributed by atoms with van der Waals surface area (Å²) in [5.41, 5.74) is -0.169. The molecule has 0 spiro atoms.